The molecule has 3 N–H and O–H groups in total. The second-order valence-electron chi connectivity index (χ2n) is 9.81. The molecule has 192 valence electrons. The van der Waals surface area contributed by atoms with Gasteiger partial charge in [-0.25, -0.2) is 14.6 Å². The van der Waals surface area contributed by atoms with Gasteiger partial charge in [0.1, 0.15) is 18.0 Å². The fraction of sp³-hybridized carbons (Fsp3) is 0.680. The number of aryl methyl sites for hydroxylation is 2. The molecule has 10 heteroatoms. The zero-order valence-corrected chi connectivity index (χ0v) is 20.3. The van der Waals surface area contributed by atoms with Crippen molar-refractivity contribution in [3.8, 4) is 0 Å². The van der Waals surface area contributed by atoms with Gasteiger partial charge < -0.3 is 30.1 Å². The number of carbonyl (C=O) groups is 3. The molecule has 10 nitrogen and oxygen atoms in total. The molecule has 3 heterocycles. The number of aliphatic carboxylic acids is 1. The summed E-state index contributed by atoms with van der Waals surface area (Å²) in [7, 11) is 0. The first-order chi connectivity index (χ1) is 16.9. The van der Waals surface area contributed by atoms with Gasteiger partial charge in [0, 0.05) is 45.2 Å². The molecule has 2 fully saturated rings. The summed E-state index contributed by atoms with van der Waals surface area (Å²) >= 11 is 0. The Balaban J connectivity index is 1.10. The first kappa shape index (κ1) is 25.2. The number of hydrogen-bond acceptors (Lipinski definition) is 7. The highest BCUT2D eigenvalue weighted by atomic mass is 16.6. The second kappa shape index (κ2) is 11.7. The summed E-state index contributed by atoms with van der Waals surface area (Å²) in [6.07, 6.45) is 5.86. The van der Waals surface area contributed by atoms with Crippen molar-refractivity contribution >= 4 is 23.8 Å². The normalized spacial score (nSPS) is 24.0. The van der Waals surface area contributed by atoms with Gasteiger partial charge in [-0.15, -0.1) is 0 Å². The van der Waals surface area contributed by atoms with Gasteiger partial charge in [0.2, 0.25) is 5.91 Å². The van der Waals surface area contributed by atoms with Gasteiger partial charge in [-0.3, -0.25) is 4.79 Å². The summed E-state index contributed by atoms with van der Waals surface area (Å²) in [4.78, 5) is 41.4. The maximum absolute atomic E-state index is 12.1. The molecule has 0 bridgehead atoms. The van der Waals surface area contributed by atoms with E-state index in [0.29, 0.717) is 25.4 Å². The molecular weight excluding hydrogens is 452 g/mol. The molecule has 1 saturated heterocycles. The summed E-state index contributed by atoms with van der Waals surface area (Å²) in [6, 6.07) is 3.25. The number of anilines is 1. The summed E-state index contributed by atoms with van der Waals surface area (Å²) in [5.74, 6) is 0.439. The average Bonchev–Trinajstić information content (AvgIpc) is 3.27. The van der Waals surface area contributed by atoms with Crippen molar-refractivity contribution in [2.24, 2.45) is 5.92 Å². The van der Waals surface area contributed by atoms with Crippen molar-refractivity contribution in [1.29, 1.82) is 0 Å². The average molecular weight is 489 g/mol. The number of amides is 2. The number of carbonyl (C=O) groups excluding carboxylic acids is 2. The summed E-state index contributed by atoms with van der Waals surface area (Å²) in [5, 5.41) is 15.2. The van der Waals surface area contributed by atoms with Crippen LogP contribution in [-0.2, 0) is 31.9 Å². The molecule has 1 aromatic heterocycles. The Bertz CT molecular complexity index is 919. The molecule has 2 aliphatic heterocycles. The van der Waals surface area contributed by atoms with E-state index >= 15 is 0 Å². The van der Waals surface area contributed by atoms with Gasteiger partial charge in [-0.05, 0) is 56.1 Å². The van der Waals surface area contributed by atoms with Crippen molar-refractivity contribution in [1.82, 2.24) is 15.2 Å². The van der Waals surface area contributed by atoms with Crippen LogP contribution in [0.5, 0.6) is 0 Å². The maximum Gasteiger partial charge on any atom is 0.408 e. The van der Waals surface area contributed by atoms with Gasteiger partial charge in [0.15, 0.2) is 0 Å². The van der Waals surface area contributed by atoms with E-state index in [-0.39, 0.29) is 25.0 Å². The van der Waals surface area contributed by atoms with Crippen LogP contribution in [0.15, 0.2) is 12.1 Å². The van der Waals surface area contributed by atoms with Crippen LogP contribution in [0.1, 0.15) is 56.7 Å². The molecule has 1 saturated carbocycles. The highest BCUT2D eigenvalue weighted by molar-refractivity contribution is 5.80. The molecule has 2 amide bonds. The van der Waals surface area contributed by atoms with Gasteiger partial charge >= 0.3 is 12.1 Å². The third-order valence-corrected chi connectivity index (χ3v) is 7.17. The Hall–Kier alpha value is -2.88. The van der Waals surface area contributed by atoms with Gasteiger partial charge in [-0.1, -0.05) is 6.07 Å². The zero-order chi connectivity index (χ0) is 24.8. The number of pyridine rings is 1. The number of rotatable bonds is 10. The Morgan fingerprint density at radius 3 is 2.86 bits per heavy atom. The number of carboxylic acids is 1. The lowest BCUT2D eigenvalue weighted by Gasteiger charge is -2.35. The highest BCUT2D eigenvalue weighted by Gasteiger charge is 2.31. The van der Waals surface area contributed by atoms with Crippen LogP contribution < -0.4 is 10.6 Å². The molecule has 1 aromatic rings. The SMILES string of the molecule is CC(=O)N1CC[C@H](OC(=O)N[C@@H](CCOC2CC(CCc3ccc4c(n3)NCCC4)C2)C(=O)O)C1. The highest BCUT2D eigenvalue weighted by Crippen LogP contribution is 2.34. The van der Waals surface area contributed by atoms with E-state index in [4.69, 9.17) is 14.5 Å². The van der Waals surface area contributed by atoms with Crippen LogP contribution in [0.25, 0.3) is 0 Å². The van der Waals surface area contributed by atoms with Gasteiger partial charge in [-0.2, -0.15) is 0 Å². The summed E-state index contributed by atoms with van der Waals surface area (Å²) in [5.41, 5.74) is 2.43. The Labute approximate surface area is 205 Å². The molecule has 0 spiro atoms. The van der Waals surface area contributed by atoms with Crippen molar-refractivity contribution < 1.29 is 29.0 Å². The number of ether oxygens (including phenoxy) is 2. The molecule has 0 radical (unpaired) electrons. The van der Waals surface area contributed by atoms with E-state index in [1.807, 2.05) is 0 Å². The topological polar surface area (TPSA) is 130 Å². The Morgan fingerprint density at radius 1 is 1.29 bits per heavy atom. The molecule has 35 heavy (non-hydrogen) atoms. The number of nitrogens with zero attached hydrogens (tertiary/aromatic N) is 2. The quantitative estimate of drug-likeness (QED) is 0.458. The Kier molecular flexibility index (Phi) is 8.43. The minimum Gasteiger partial charge on any atom is -0.480 e. The van der Waals surface area contributed by atoms with E-state index in [1.54, 1.807) is 4.90 Å². The predicted octanol–water partition coefficient (Wildman–Crippen LogP) is 2.36. The predicted molar refractivity (Wildman–Crippen MR) is 128 cm³/mol. The summed E-state index contributed by atoms with van der Waals surface area (Å²) in [6.45, 7) is 3.59. The number of nitrogens with one attached hydrogen (secondary N) is 2. The minimum atomic E-state index is -1.12. The first-order valence-electron chi connectivity index (χ1n) is 12.7. The largest absolute Gasteiger partial charge is 0.480 e. The van der Waals surface area contributed by atoms with Crippen molar-refractivity contribution in [2.45, 2.75) is 76.5 Å². The fourth-order valence-electron chi connectivity index (χ4n) is 4.95. The van der Waals surface area contributed by atoms with E-state index in [1.165, 1.54) is 12.5 Å². The van der Waals surface area contributed by atoms with E-state index in [0.717, 1.165) is 56.6 Å². The number of fused-ring (bicyclic) bond motifs is 1. The van der Waals surface area contributed by atoms with Crippen LogP contribution in [0.2, 0.25) is 0 Å². The van der Waals surface area contributed by atoms with E-state index < -0.39 is 24.2 Å². The van der Waals surface area contributed by atoms with Crippen LogP contribution in [-0.4, -0.2) is 77.5 Å². The van der Waals surface area contributed by atoms with Crippen molar-refractivity contribution in [3.05, 3.63) is 23.4 Å². The maximum atomic E-state index is 12.1. The fourth-order valence-corrected chi connectivity index (χ4v) is 4.95. The van der Waals surface area contributed by atoms with Crippen LogP contribution in [0.3, 0.4) is 0 Å². The number of carboxylic acid groups (broad SMARTS) is 1. The third-order valence-electron chi connectivity index (χ3n) is 7.17. The minimum absolute atomic E-state index is 0.0668. The van der Waals surface area contributed by atoms with Gasteiger partial charge in [0.25, 0.3) is 0 Å². The smallest absolute Gasteiger partial charge is 0.408 e. The zero-order valence-electron chi connectivity index (χ0n) is 20.3. The molecule has 2 atom stereocenters. The molecule has 1 aliphatic carbocycles. The third kappa shape index (κ3) is 7.06. The van der Waals surface area contributed by atoms with Crippen LogP contribution >= 0.6 is 0 Å². The van der Waals surface area contributed by atoms with Crippen molar-refractivity contribution in [3.63, 3.8) is 0 Å². The number of aromatic nitrogens is 1. The molecule has 4 rings (SSSR count). The summed E-state index contributed by atoms with van der Waals surface area (Å²) < 4.78 is 11.1. The first-order valence-corrected chi connectivity index (χ1v) is 12.7. The van der Waals surface area contributed by atoms with E-state index in [2.05, 4.69) is 22.8 Å². The van der Waals surface area contributed by atoms with Crippen molar-refractivity contribution in [2.75, 3.05) is 31.6 Å². The van der Waals surface area contributed by atoms with Crippen LogP contribution in [0, 0.1) is 5.92 Å². The molecule has 0 unspecified atom stereocenters. The molecular formula is C25H36N4O6. The number of likely N-dealkylation sites (tertiary alicyclic amines) is 1. The Morgan fingerprint density at radius 2 is 2.11 bits per heavy atom. The second-order valence-corrected chi connectivity index (χ2v) is 9.81. The monoisotopic (exact) mass is 488 g/mol. The van der Waals surface area contributed by atoms with Crippen LogP contribution in [0.4, 0.5) is 10.6 Å². The molecule has 0 aromatic carbocycles. The van der Waals surface area contributed by atoms with Gasteiger partial charge in [0.05, 0.1) is 12.6 Å². The lowest BCUT2D eigenvalue weighted by atomic mass is 9.79. The van der Waals surface area contributed by atoms with E-state index in [9.17, 15) is 19.5 Å². The molecule has 3 aliphatic rings. The number of hydrogen-bond donors (Lipinski definition) is 3. The number of alkyl carbamates (subject to hydrolysis) is 1. The standard InChI is InChI=1S/C25H36N4O6/c1-16(30)29-11-8-20(15-29)35-25(33)28-22(24(31)32)9-12-34-21-13-17(14-21)4-6-19-7-5-18-3-2-10-26-23(18)27-19/h5,7,17,20-22H,2-4,6,8-15H2,1H3,(H,26,27)(H,28,33)(H,31,32)/t17?,20-,21?,22-/m0/s1. The lowest BCUT2D eigenvalue weighted by molar-refractivity contribution is -0.140. The lowest BCUT2D eigenvalue weighted by Crippen LogP contribution is -2.43.